The topological polar surface area (TPSA) is 48.5 Å². The number of nitrogens with zero attached hydrogens (tertiary/aromatic N) is 5. The first-order valence-corrected chi connectivity index (χ1v) is 18.9. The fraction of sp³-hybridized carbons (Fsp3) is 0. The van der Waals surface area contributed by atoms with Gasteiger partial charge in [-0.25, -0.2) is 15.0 Å². The fourth-order valence-electron chi connectivity index (χ4n) is 8.13. The Morgan fingerprint density at radius 3 is 1.05 bits per heavy atom. The minimum Gasteiger partial charge on any atom is -0.309 e. The molecule has 0 unspecified atom stereocenters. The largest absolute Gasteiger partial charge is 0.309 e. The zero-order chi connectivity index (χ0) is 37.0. The van der Waals surface area contributed by atoms with Crippen molar-refractivity contribution in [3.8, 4) is 56.7 Å². The van der Waals surface area contributed by atoms with E-state index in [1.165, 1.54) is 38.1 Å². The highest BCUT2D eigenvalue weighted by molar-refractivity contribution is 6.12. The van der Waals surface area contributed by atoms with Crippen LogP contribution in [-0.2, 0) is 0 Å². The van der Waals surface area contributed by atoms with Crippen molar-refractivity contribution in [1.29, 1.82) is 0 Å². The average Bonchev–Trinajstić information content (AvgIpc) is 3.79. The third-order valence-corrected chi connectivity index (χ3v) is 10.8. The molecule has 11 rings (SSSR count). The number of hydrogen-bond acceptors (Lipinski definition) is 3. The maximum Gasteiger partial charge on any atom is 0.164 e. The molecule has 0 bridgehead atoms. The SMILES string of the molecule is c1ccc(-c2nc(-c3ccccc3)nc(-c3ccc(-n4c5ccccc5c5ccc(-c6ccc7c8ccccc8n(-c8ccccc8)c7c6)cc54)cc3)n2)cc1. The summed E-state index contributed by atoms with van der Waals surface area (Å²) in [5.41, 5.74) is 12.1. The molecular weight excluding hydrogens is 683 g/mol. The maximum atomic E-state index is 4.97. The van der Waals surface area contributed by atoms with Gasteiger partial charge in [0.2, 0.25) is 0 Å². The van der Waals surface area contributed by atoms with E-state index in [4.69, 9.17) is 15.0 Å². The van der Waals surface area contributed by atoms with E-state index in [0.717, 1.165) is 44.7 Å². The summed E-state index contributed by atoms with van der Waals surface area (Å²) in [5, 5.41) is 4.93. The van der Waals surface area contributed by atoms with E-state index in [1.807, 2.05) is 60.7 Å². The molecule has 0 aliphatic rings. The van der Waals surface area contributed by atoms with Crippen LogP contribution in [0.4, 0.5) is 0 Å². The molecule has 0 aliphatic carbocycles. The Morgan fingerprint density at radius 2 is 0.589 bits per heavy atom. The molecule has 0 radical (unpaired) electrons. The number of hydrogen-bond donors (Lipinski definition) is 0. The maximum absolute atomic E-state index is 4.97. The van der Waals surface area contributed by atoms with Crippen molar-refractivity contribution in [2.45, 2.75) is 0 Å². The number of aromatic nitrogens is 5. The van der Waals surface area contributed by atoms with Crippen LogP contribution in [0.2, 0.25) is 0 Å². The summed E-state index contributed by atoms with van der Waals surface area (Å²) in [7, 11) is 0. The molecule has 3 heterocycles. The summed E-state index contributed by atoms with van der Waals surface area (Å²) in [6.45, 7) is 0. The van der Waals surface area contributed by atoms with Gasteiger partial charge in [-0.1, -0.05) is 140 Å². The monoisotopic (exact) mass is 715 g/mol. The predicted molar refractivity (Wildman–Crippen MR) is 230 cm³/mol. The summed E-state index contributed by atoms with van der Waals surface area (Å²) in [6.07, 6.45) is 0. The van der Waals surface area contributed by atoms with E-state index in [9.17, 15) is 0 Å². The first-order valence-electron chi connectivity index (χ1n) is 18.9. The van der Waals surface area contributed by atoms with Crippen LogP contribution in [0, 0.1) is 0 Å². The molecule has 0 atom stereocenters. The van der Waals surface area contributed by atoms with Gasteiger partial charge >= 0.3 is 0 Å². The van der Waals surface area contributed by atoms with E-state index in [2.05, 4.69) is 149 Å². The highest BCUT2D eigenvalue weighted by Crippen LogP contribution is 2.38. The molecule has 262 valence electrons. The van der Waals surface area contributed by atoms with Crippen LogP contribution in [0.15, 0.2) is 200 Å². The molecule has 0 aliphatic heterocycles. The van der Waals surface area contributed by atoms with Crippen LogP contribution >= 0.6 is 0 Å². The lowest BCUT2D eigenvalue weighted by Gasteiger charge is -2.12. The van der Waals surface area contributed by atoms with Gasteiger partial charge in [0.25, 0.3) is 0 Å². The van der Waals surface area contributed by atoms with Crippen LogP contribution < -0.4 is 0 Å². The van der Waals surface area contributed by atoms with Crippen molar-refractivity contribution in [2.75, 3.05) is 0 Å². The van der Waals surface area contributed by atoms with Crippen molar-refractivity contribution in [3.63, 3.8) is 0 Å². The molecule has 0 saturated carbocycles. The Labute approximate surface area is 323 Å². The van der Waals surface area contributed by atoms with Gasteiger partial charge in [0.15, 0.2) is 17.5 Å². The van der Waals surface area contributed by atoms with Gasteiger partial charge in [-0.15, -0.1) is 0 Å². The van der Waals surface area contributed by atoms with Gasteiger partial charge in [-0.05, 0) is 71.8 Å². The molecule has 3 aromatic heterocycles. The molecule has 0 saturated heterocycles. The second kappa shape index (κ2) is 13.0. The summed E-state index contributed by atoms with van der Waals surface area (Å²) in [6, 6.07) is 70.5. The van der Waals surface area contributed by atoms with Crippen molar-refractivity contribution in [2.24, 2.45) is 0 Å². The first kappa shape index (κ1) is 31.9. The smallest absolute Gasteiger partial charge is 0.164 e. The zero-order valence-electron chi connectivity index (χ0n) is 30.3. The standard InChI is InChI=1S/C51H33N5/c1-4-14-34(15-5-1)49-52-50(35-16-6-2-7-17-35)54-51(53-49)36-24-28-40(29-25-36)56-46-23-13-11-21-42(46)44-31-27-38(33-48(44)56)37-26-30-43-41-20-10-12-22-45(41)55(47(43)32-37)39-18-8-3-9-19-39/h1-33H. The lowest BCUT2D eigenvalue weighted by atomic mass is 10.0. The lowest BCUT2D eigenvalue weighted by molar-refractivity contribution is 1.07. The van der Waals surface area contributed by atoms with Crippen LogP contribution in [0.25, 0.3) is 100 Å². The van der Waals surface area contributed by atoms with E-state index >= 15 is 0 Å². The highest BCUT2D eigenvalue weighted by atomic mass is 15.0. The number of benzene rings is 8. The van der Waals surface area contributed by atoms with Gasteiger partial charge in [0, 0.05) is 49.6 Å². The lowest BCUT2D eigenvalue weighted by Crippen LogP contribution is -2.00. The molecule has 5 nitrogen and oxygen atoms in total. The fourth-order valence-corrected chi connectivity index (χ4v) is 8.13. The third-order valence-electron chi connectivity index (χ3n) is 10.8. The van der Waals surface area contributed by atoms with Crippen LogP contribution in [0.1, 0.15) is 0 Å². The number of rotatable bonds is 6. The van der Waals surface area contributed by atoms with E-state index in [1.54, 1.807) is 0 Å². The highest BCUT2D eigenvalue weighted by Gasteiger charge is 2.17. The summed E-state index contributed by atoms with van der Waals surface area (Å²) >= 11 is 0. The molecular formula is C51H33N5. The van der Waals surface area contributed by atoms with Crippen molar-refractivity contribution < 1.29 is 0 Å². The predicted octanol–water partition coefficient (Wildman–Crippen LogP) is 12.7. The average molecular weight is 716 g/mol. The van der Waals surface area contributed by atoms with Crippen LogP contribution in [0.5, 0.6) is 0 Å². The summed E-state index contributed by atoms with van der Waals surface area (Å²) < 4.78 is 4.75. The van der Waals surface area contributed by atoms with Crippen LogP contribution in [0.3, 0.4) is 0 Å². The molecule has 0 fully saturated rings. The Morgan fingerprint density at radius 1 is 0.250 bits per heavy atom. The quantitative estimate of drug-likeness (QED) is 0.172. The van der Waals surface area contributed by atoms with Gasteiger partial charge in [0.1, 0.15) is 0 Å². The minimum atomic E-state index is 0.636. The first-order chi connectivity index (χ1) is 27.8. The molecule has 5 heteroatoms. The summed E-state index contributed by atoms with van der Waals surface area (Å²) in [4.78, 5) is 14.8. The summed E-state index contributed by atoms with van der Waals surface area (Å²) in [5.74, 6) is 1.93. The van der Waals surface area contributed by atoms with Crippen LogP contribution in [-0.4, -0.2) is 24.1 Å². The molecule has 0 N–H and O–H groups in total. The molecule has 0 spiro atoms. The zero-order valence-corrected chi connectivity index (χ0v) is 30.3. The van der Waals surface area contributed by atoms with Gasteiger partial charge in [-0.2, -0.15) is 0 Å². The third kappa shape index (κ3) is 5.29. The van der Waals surface area contributed by atoms with Crippen molar-refractivity contribution in [1.82, 2.24) is 24.1 Å². The van der Waals surface area contributed by atoms with Gasteiger partial charge < -0.3 is 9.13 Å². The van der Waals surface area contributed by atoms with Crippen molar-refractivity contribution >= 4 is 43.6 Å². The van der Waals surface area contributed by atoms with Gasteiger partial charge in [-0.3, -0.25) is 0 Å². The number of fused-ring (bicyclic) bond motifs is 6. The van der Waals surface area contributed by atoms with Gasteiger partial charge in [0.05, 0.1) is 22.1 Å². The normalized spacial score (nSPS) is 11.6. The molecule has 0 amide bonds. The minimum absolute atomic E-state index is 0.636. The molecule has 56 heavy (non-hydrogen) atoms. The molecule has 8 aromatic carbocycles. The van der Waals surface area contributed by atoms with E-state index in [0.29, 0.717) is 17.5 Å². The van der Waals surface area contributed by atoms with E-state index in [-0.39, 0.29) is 0 Å². The van der Waals surface area contributed by atoms with E-state index < -0.39 is 0 Å². The Bertz CT molecular complexity index is 3160. The Balaban J connectivity index is 1.04. The Hall–Kier alpha value is -7.63. The number of para-hydroxylation sites is 3. The Kier molecular flexibility index (Phi) is 7.42. The second-order valence-electron chi connectivity index (χ2n) is 14.1. The van der Waals surface area contributed by atoms with Crippen molar-refractivity contribution in [3.05, 3.63) is 200 Å². The second-order valence-corrected chi connectivity index (χ2v) is 14.1. The molecule has 11 aromatic rings.